The quantitative estimate of drug-likeness (QED) is 0.773. The normalized spacial score (nSPS) is 11.9. The second-order valence-corrected chi connectivity index (χ2v) is 7.69. The minimum absolute atomic E-state index is 0.100. The standard InChI is InChI=1S/C14H22ClN3O3S/c1-17(2)10-11-18(22(3,20)21)9-8-14(19)16-13-6-4-12(15)5-7-13/h4-7H,8-11H2,1-3H3,(H,16,19). The van der Waals surface area contributed by atoms with Crippen LogP contribution in [-0.4, -0.2) is 63.5 Å². The van der Waals surface area contributed by atoms with Crippen molar-refractivity contribution in [1.82, 2.24) is 9.21 Å². The van der Waals surface area contributed by atoms with Crippen molar-refractivity contribution < 1.29 is 13.2 Å². The number of halogens is 1. The number of rotatable bonds is 8. The van der Waals surface area contributed by atoms with Crippen molar-refractivity contribution in [1.29, 1.82) is 0 Å². The Morgan fingerprint density at radius 3 is 2.23 bits per heavy atom. The van der Waals surface area contributed by atoms with Crippen LogP contribution in [0, 0.1) is 0 Å². The Labute approximate surface area is 137 Å². The average Bonchev–Trinajstić information content (AvgIpc) is 2.39. The maximum absolute atomic E-state index is 11.9. The summed E-state index contributed by atoms with van der Waals surface area (Å²) in [5, 5.41) is 3.30. The van der Waals surface area contributed by atoms with Crippen molar-refractivity contribution in [3.05, 3.63) is 29.3 Å². The van der Waals surface area contributed by atoms with E-state index in [4.69, 9.17) is 11.6 Å². The number of amides is 1. The first-order chi connectivity index (χ1) is 10.2. The molecule has 0 aromatic heterocycles. The predicted molar refractivity (Wildman–Crippen MR) is 89.7 cm³/mol. The van der Waals surface area contributed by atoms with Crippen LogP contribution in [0.4, 0.5) is 5.69 Å². The molecule has 1 amide bonds. The van der Waals surface area contributed by atoms with Gasteiger partial charge in [0.15, 0.2) is 0 Å². The van der Waals surface area contributed by atoms with E-state index >= 15 is 0 Å². The molecule has 0 saturated heterocycles. The van der Waals surface area contributed by atoms with Gasteiger partial charge in [-0.2, -0.15) is 0 Å². The van der Waals surface area contributed by atoms with Crippen LogP contribution in [0.2, 0.25) is 5.02 Å². The van der Waals surface area contributed by atoms with Crippen molar-refractivity contribution in [3.8, 4) is 0 Å². The number of hydrogen-bond acceptors (Lipinski definition) is 4. The molecule has 8 heteroatoms. The summed E-state index contributed by atoms with van der Waals surface area (Å²) in [5.74, 6) is -0.235. The maximum atomic E-state index is 11.9. The number of likely N-dealkylation sites (N-methyl/N-ethyl adjacent to an activating group) is 1. The molecule has 124 valence electrons. The van der Waals surface area contributed by atoms with Crippen LogP contribution in [0.15, 0.2) is 24.3 Å². The molecule has 1 rings (SSSR count). The highest BCUT2D eigenvalue weighted by Crippen LogP contribution is 2.13. The third-order valence-electron chi connectivity index (χ3n) is 2.98. The first-order valence-corrected chi connectivity index (χ1v) is 9.06. The minimum atomic E-state index is -3.33. The molecule has 6 nitrogen and oxygen atoms in total. The lowest BCUT2D eigenvalue weighted by Crippen LogP contribution is -2.37. The molecule has 0 aliphatic rings. The molecular formula is C14H22ClN3O3S. The van der Waals surface area contributed by atoms with Gasteiger partial charge in [-0.05, 0) is 38.4 Å². The maximum Gasteiger partial charge on any atom is 0.225 e. The summed E-state index contributed by atoms with van der Waals surface area (Å²) in [4.78, 5) is 13.8. The molecule has 0 saturated carbocycles. The van der Waals surface area contributed by atoms with Gasteiger partial charge in [0.25, 0.3) is 0 Å². The number of nitrogens with zero attached hydrogens (tertiary/aromatic N) is 2. The van der Waals surface area contributed by atoms with E-state index in [9.17, 15) is 13.2 Å². The molecule has 0 atom stereocenters. The van der Waals surface area contributed by atoms with Crippen molar-refractivity contribution in [3.63, 3.8) is 0 Å². The second-order valence-electron chi connectivity index (χ2n) is 5.27. The third kappa shape index (κ3) is 7.22. The molecule has 1 N–H and O–H groups in total. The minimum Gasteiger partial charge on any atom is -0.326 e. The largest absolute Gasteiger partial charge is 0.326 e. The van der Waals surface area contributed by atoms with Gasteiger partial charge >= 0.3 is 0 Å². The number of nitrogens with one attached hydrogen (secondary N) is 1. The zero-order chi connectivity index (χ0) is 16.8. The van der Waals surface area contributed by atoms with Gasteiger partial charge in [-0.1, -0.05) is 11.6 Å². The van der Waals surface area contributed by atoms with Gasteiger partial charge in [-0.3, -0.25) is 4.79 Å². The highest BCUT2D eigenvalue weighted by molar-refractivity contribution is 7.88. The highest BCUT2D eigenvalue weighted by Gasteiger charge is 2.17. The molecule has 0 fully saturated rings. The lowest BCUT2D eigenvalue weighted by atomic mass is 10.3. The van der Waals surface area contributed by atoms with Crippen LogP contribution in [0.5, 0.6) is 0 Å². The van der Waals surface area contributed by atoms with Crippen LogP contribution in [0.1, 0.15) is 6.42 Å². The topological polar surface area (TPSA) is 69.7 Å². The number of anilines is 1. The van der Waals surface area contributed by atoms with E-state index in [1.54, 1.807) is 24.3 Å². The van der Waals surface area contributed by atoms with Gasteiger partial charge in [-0.25, -0.2) is 12.7 Å². The Balaban J connectivity index is 2.53. The molecule has 0 aliphatic carbocycles. The van der Waals surface area contributed by atoms with Crippen LogP contribution >= 0.6 is 11.6 Å². The predicted octanol–water partition coefficient (Wildman–Crippen LogP) is 1.49. The summed E-state index contributed by atoms with van der Waals surface area (Å²) in [6, 6.07) is 6.75. The molecule has 22 heavy (non-hydrogen) atoms. The molecule has 0 radical (unpaired) electrons. The fourth-order valence-electron chi connectivity index (χ4n) is 1.74. The summed E-state index contributed by atoms with van der Waals surface area (Å²) in [5.41, 5.74) is 0.633. The van der Waals surface area contributed by atoms with E-state index in [2.05, 4.69) is 5.32 Å². The third-order valence-corrected chi connectivity index (χ3v) is 4.54. The SMILES string of the molecule is CN(C)CCN(CCC(=O)Nc1ccc(Cl)cc1)S(C)(=O)=O. The fourth-order valence-corrected chi connectivity index (χ4v) is 2.70. The molecule has 0 bridgehead atoms. The summed E-state index contributed by atoms with van der Waals surface area (Å²) in [6.45, 7) is 1.12. The van der Waals surface area contributed by atoms with Crippen molar-refractivity contribution in [2.75, 3.05) is 45.3 Å². The Bertz CT molecular complexity index is 588. The Morgan fingerprint density at radius 1 is 1.14 bits per heavy atom. The number of benzene rings is 1. The van der Waals surface area contributed by atoms with Crippen molar-refractivity contribution in [2.45, 2.75) is 6.42 Å². The monoisotopic (exact) mass is 347 g/mol. The number of hydrogen-bond donors (Lipinski definition) is 1. The van der Waals surface area contributed by atoms with E-state index in [1.807, 2.05) is 19.0 Å². The van der Waals surface area contributed by atoms with E-state index in [0.717, 1.165) is 6.26 Å². The zero-order valence-corrected chi connectivity index (χ0v) is 14.6. The van der Waals surface area contributed by atoms with Gasteiger partial charge in [0.2, 0.25) is 15.9 Å². The zero-order valence-electron chi connectivity index (χ0n) is 13.0. The smallest absolute Gasteiger partial charge is 0.225 e. The molecule has 0 heterocycles. The fraction of sp³-hybridized carbons (Fsp3) is 0.500. The summed E-state index contributed by atoms with van der Waals surface area (Å²) in [7, 11) is 0.412. The highest BCUT2D eigenvalue weighted by atomic mass is 35.5. The first kappa shape index (κ1) is 18.9. The van der Waals surface area contributed by atoms with E-state index < -0.39 is 10.0 Å². The summed E-state index contributed by atoms with van der Waals surface area (Å²) >= 11 is 5.77. The molecule has 0 spiro atoms. The van der Waals surface area contributed by atoms with Crippen molar-refractivity contribution >= 4 is 33.2 Å². The van der Waals surface area contributed by atoms with Gasteiger partial charge in [0.1, 0.15) is 0 Å². The van der Waals surface area contributed by atoms with Gasteiger partial charge < -0.3 is 10.2 Å². The Morgan fingerprint density at radius 2 is 1.73 bits per heavy atom. The van der Waals surface area contributed by atoms with Crippen molar-refractivity contribution in [2.24, 2.45) is 0 Å². The average molecular weight is 348 g/mol. The second kappa shape index (κ2) is 8.47. The lowest BCUT2D eigenvalue weighted by Gasteiger charge is -2.21. The van der Waals surface area contributed by atoms with Gasteiger partial charge in [0.05, 0.1) is 6.26 Å². The molecule has 0 aliphatic heterocycles. The van der Waals surface area contributed by atoms with Crippen LogP contribution in [0.3, 0.4) is 0 Å². The molecule has 1 aromatic carbocycles. The molecule has 1 aromatic rings. The summed E-state index contributed by atoms with van der Waals surface area (Å²) < 4.78 is 24.7. The van der Waals surface area contributed by atoms with Crippen LogP contribution in [-0.2, 0) is 14.8 Å². The lowest BCUT2D eigenvalue weighted by molar-refractivity contribution is -0.116. The number of sulfonamides is 1. The Hall–Kier alpha value is -1.15. The summed E-state index contributed by atoms with van der Waals surface area (Å²) in [6.07, 6.45) is 1.25. The van der Waals surface area contributed by atoms with E-state index in [0.29, 0.717) is 23.8 Å². The van der Waals surface area contributed by atoms with Crippen LogP contribution in [0.25, 0.3) is 0 Å². The van der Waals surface area contributed by atoms with E-state index in [1.165, 1.54) is 4.31 Å². The first-order valence-electron chi connectivity index (χ1n) is 6.84. The van der Waals surface area contributed by atoms with Gasteiger partial charge in [-0.15, -0.1) is 0 Å². The van der Waals surface area contributed by atoms with E-state index in [-0.39, 0.29) is 18.9 Å². The van der Waals surface area contributed by atoms with Gasteiger partial charge in [0, 0.05) is 36.8 Å². The molecular weight excluding hydrogens is 326 g/mol. The Kier molecular flexibility index (Phi) is 7.28. The number of carbonyl (C=O) groups is 1. The van der Waals surface area contributed by atoms with Crippen LogP contribution < -0.4 is 5.32 Å². The molecule has 0 unspecified atom stereocenters. The number of carbonyl (C=O) groups excluding carboxylic acids is 1.